The van der Waals surface area contributed by atoms with E-state index in [-0.39, 0.29) is 17.6 Å². The Morgan fingerprint density at radius 3 is 3.21 bits per heavy atom. The lowest BCUT2D eigenvalue weighted by Crippen LogP contribution is -2.49. The normalized spacial score (nSPS) is 30.5. The van der Waals surface area contributed by atoms with Crippen molar-refractivity contribution in [2.24, 2.45) is 5.92 Å². The summed E-state index contributed by atoms with van der Waals surface area (Å²) in [6.07, 6.45) is 9.42. The molecular weight excluding hydrogens is 322 g/mol. The Balaban J connectivity index is 1.32. The molecule has 2 aliphatic heterocycles. The summed E-state index contributed by atoms with van der Waals surface area (Å²) in [6, 6.07) is 4.02. The maximum absolute atomic E-state index is 12.5. The molecular formula is C19H25NO3S. The van der Waals surface area contributed by atoms with Gasteiger partial charge < -0.3 is 14.4 Å². The minimum absolute atomic E-state index is 0.0911. The van der Waals surface area contributed by atoms with Gasteiger partial charge in [-0.1, -0.05) is 6.07 Å². The van der Waals surface area contributed by atoms with Crippen molar-refractivity contribution in [2.75, 3.05) is 26.3 Å². The monoisotopic (exact) mass is 347 g/mol. The van der Waals surface area contributed by atoms with Gasteiger partial charge in [0.25, 0.3) is 0 Å². The van der Waals surface area contributed by atoms with E-state index in [1.165, 1.54) is 12.8 Å². The molecule has 130 valence electrons. The number of ether oxygens (including phenoxy) is 2. The van der Waals surface area contributed by atoms with Crippen LogP contribution in [0.15, 0.2) is 23.6 Å². The fourth-order valence-electron chi connectivity index (χ4n) is 3.68. The van der Waals surface area contributed by atoms with Gasteiger partial charge in [0.15, 0.2) is 0 Å². The Hall–Kier alpha value is -1.17. The van der Waals surface area contributed by atoms with Crippen LogP contribution in [-0.2, 0) is 14.3 Å². The highest BCUT2D eigenvalue weighted by Gasteiger charge is 2.45. The van der Waals surface area contributed by atoms with E-state index in [1.807, 2.05) is 28.5 Å². The van der Waals surface area contributed by atoms with E-state index < -0.39 is 0 Å². The molecule has 2 saturated heterocycles. The molecule has 4 rings (SSSR count). The fourth-order valence-corrected chi connectivity index (χ4v) is 4.30. The summed E-state index contributed by atoms with van der Waals surface area (Å²) in [7, 11) is 0. The predicted octanol–water partition coefficient (Wildman–Crippen LogP) is 3.34. The molecule has 1 aromatic rings. The molecule has 3 fully saturated rings. The third kappa shape index (κ3) is 3.90. The fraction of sp³-hybridized carbons (Fsp3) is 0.632. The number of amides is 1. The van der Waals surface area contributed by atoms with Crippen LogP contribution >= 0.6 is 11.3 Å². The lowest BCUT2D eigenvalue weighted by Gasteiger charge is -2.39. The SMILES string of the molecule is O=C(/C=C/c1cccs1)N1CCC[C@@]2(C[C@@H](OCC3CC3)CO2)C1. The summed E-state index contributed by atoms with van der Waals surface area (Å²) < 4.78 is 12.1. The van der Waals surface area contributed by atoms with Crippen molar-refractivity contribution < 1.29 is 14.3 Å². The molecule has 3 aliphatic rings. The first-order valence-electron chi connectivity index (χ1n) is 8.99. The zero-order valence-electron chi connectivity index (χ0n) is 14.0. The van der Waals surface area contributed by atoms with Crippen molar-refractivity contribution in [2.45, 2.75) is 43.8 Å². The second-order valence-electron chi connectivity index (χ2n) is 7.31. The van der Waals surface area contributed by atoms with Crippen molar-refractivity contribution in [1.29, 1.82) is 0 Å². The van der Waals surface area contributed by atoms with Crippen molar-refractivity contribution in [3.63, 3.8) is 0 Å². The highest BCUT2D eigenvalue weighted by atomic mass is 32.1. The highest BCUT2D eigenvalue weighted by Crippen LogP contribution is 2.37. The molecule has 0 aromatic carbocycles. The Bertz CT molecular complexity index is 596. The number of rotatable bonds is 5. The van der Waals surface area contributed by atoms with E-state index in [0.717, 1.165) is 43.2 Å². The summed E-state index contributed by atoms with van der Waals surface area (Å²) in [4.78, 5) is 15.5. The van der Waals surface area contributed by atoms with Gasteiger partial charge in [0.2, 0.25) is 5.91 Å². The first-order chi connectivity index (χ1) is 11.7. The quantitative estimate of drug-likeness (QED) is 0.767. The first-order valence-corrected chi connectivity index (χ1v) is 9.86. The van der Waals surface area contributed by atoms with Crippen LogP contribution in [-0.4, -0.2) is 48.8 Å². The molecule has 1 aliphatic carbocycles. The minimum atomic E-state index is -0.182. The van der Waals surface area contributed by atoms with Gasteiger partial charge >= 0.3 is 0 Å². The zero-order chi connectivity index (χ0) is 16.4. The van der Waals surface area contributed by atoms with E-state index in [0.29, 0.717) is 13.2 Å². The van der Waals surface area contributed by atoms with E-state index in [9.17, 15) is 4.79 Å². The maximum Gasteiger partial charge on any atom is 0.246 e. The lowest BCUT2D eigenvalue weighted by molar-refractivity contribution is -0.133. The molecule has 1 aromatic heterocycles. The molecule has 1 amide bonds. The van der Waals surface area contributed by atoms with Crippen molar-refractivity contribution in [3.8, 4) is 0 Å². The summed E-state index contributed by atoms with van der Waals surface area (Å²) in [5.41, 5.74) is -0.182. The van der Waals surface area contributed by atoms with E-state index in [4.69, 9.17) is 9.47 Å². The second-order valence-corrected chi connectivity index (χ2v) is 8.29. The molecule has 0 radical (unpaired) electrons. The van der Waals surface area contributed by atoms with Crippen LogP contribution in [0.4, 0.5) is 0 Å². The minimum Gasteiger partial charge on any atom is -0.375 e. The smallest absolute Gasteiger partial charge is 0.246 e. The number of nitrogens with zero attached hydrogens (tertiary/aromatic N) is 1. The first kappa shape index (κ1) is 16.3. The van der Waals surface area contributed by atoms with Gasteiger partial charge in [-0.05, 0) is 49.1 Å². The molecule has 3 heterocycles. The van der Waals surface area contributed by atoms with E-state index in [2.05, 4.69) is 0 Å². The number of thiophene rings is 1. The van der Waals surface area contributed by atoms with Gasteiger partial charge in [-0.3, -0.25) is 4.79 Å². The van der Waals surface area contributed by atoms with E-state index in [1.54, 1.807) is 17.4 Å². The van der Waals surface area contributed by atoms with Gasteiger partial charge in [0, 0.05) is 30.5 Å². The maximum atomic E-state index is 12.5. The number of hydrogen-bond acceptors (Lipinski definition) is 4. The number of hydrogen-bond donors (Lipinski definition) is 0. The highest BCUT2D eigenvalue weighted by molar-refractivity contribution is 7.10. The van der Waals surface area contributed by atoms with Crippen LogP contribution in [0.1, 0.15) is 37.0 Å². The summed E-state index contributed by atoms with van der Waals surface area (Å²) in [6.45, 7) is 3.09. The van der Waals surface area contributed by atoms with Crippen LogP contribution in [0, 0.1) is 5.92 Å². The third-order valence-electron chi connectivity index (χ3n) is 5.22. The van der Waals surface area contributed by atoms with E-state index >= 15 is 0 Å². The second kappa shape index (κ2) is 6.98. The lowest BCUT2D eigenvalue weighted by atomic mass is 9.89. The number of likely N-dealkylation sites (tertiary alicyclic amines) is 1. The molecule has 2 atom stereocenters. The standard InChI is InChI=1S/C19H25NO3S/c21-18(7-6-17-3-1-10-24-17)20-9-2-8-19(14-20)11-16(13-23-19)22-12-15-4-5-15/h1,3,6-7,10,15-16H,2,4-5,8-9,11-14H2/b7-6+/t16-,19-/m1/s1. The van der Waals surface area contributed by atoms with Gasteiger partial charge in [0.1, 0.15) is 0 Å². The molecule has 0 bridgehead atoms. The molecule has 4 nitrogen and oxygen atoms in total. The number of piperidine rings is 1. The van der Waals surface area contributed by atoms with Gasteiger partial charge in [0.05, 0.1) is 24.9 Å². The Morgan fingerprint density at radius 1 is 1.50 bits per heavy atom. The molecule has 5 heteroatoms. The average molecular weight is 347 g/mol. The Labute approximate surface area is 147 Å². The van der Waals surface area contributed by atoms with Crippen LogP contribution in [0.5, 0.6) is 0 Å². The van der Waals surface area contributed by atoms with Crippen molar-refractivity contribution in [3.05, 3.63) is 28.5 Å². The topological polar surface area (TPSA) is 38.8 Å². The molecule has 0 N–H and O–H groups in total. The third-order valence-corrected chi connectivity index (χ3v) is 6.06. The number of carbonyl (C=O) groups excluding carboxylic acids is 1. The van der Waals surface area contributed by atoms with Crippen molar-refractivity contribution in [1.82, 2.24) is 4.90 Å². The van der Waals surface area contributed by atoms with Gasteiger partial charge in [-0.2, -0.15) is 0 Å². The van der Waals surface area contributed by atoms with Gasteiger partial charge in [-0.25, -0.2) is 0 Å². The summed E-state index contributed by atoms with van der Waals surface area (Å²) >= 11 is 1.64. The molecule has 1 spiro atoms. The van der Waals surface area contributed by atoms with Crippen LogP contribution in [0.3, 0.4) is 0 Å². The Morgan fingerprint density at radius 2 is 2.42 bits per heavy atom. The summed E-state index contributed by atoms with van der Waals surface area (Å²) in [5.74, 6) is 0.877. The van der Waals surface area contributed by atoms with Crippen LogP contribution in [0.2, 0.25) is 0 Å². The van der Waals surface area contributed by atoms with Crippen LogP contribution < -0.4 is 0 Å². The molecule has 24 heavy (non-hydrogen) atoms. The zero-order valence-corrected chi connectivity index (χ0v) is 14.8. The largest absolute Gasteiger partial charge is 0.375 e. The van der Waals surface area contributed by atoms with Crippen molar-refractivity contribution >= 4 is 23.3 Å². The average Bonchev–Trinajstić information content (AvgIpc) is 3.13. The Kier molecular flexibility index (Phi) is 4.74. The van der Waals surface area contributed by atoms with Crippen LogP contribution in [0.25, 0.3) is 6.08 Å². The number of carbonyl (C=O) groups is 1. The molecule has 0 unspecified atom stereocenters. The predicted molar refractivity (Wildman–Crippen MR) is 94.9 cm³/mol. The van der Waals surface area contributed by atoms with Gasteiger partial charge in [-0.15, -0.1) is 11.3 Å². The molecule has 1 saturated carbocycles. The summed E-state index contributed by atoms with van der Waals surface area (Å²) in [5, 5.41) is 2.02.